The molecule has 0 spiro atoms. The lowest BCUT2D eigenvalue weighted by Gasteiger charge is -2.09. The summed E-state index contributed by atoms with van der Waals surface area (Å²) in [5.74, 6) is -0.363. The molecule has 1 heterocycles. The van der Waals surface area contributed by atoms with Crippen molar-refractivity contribution in [1.29, 1.82) is 0 Å². The molecule has 126 valence electrons. The number of carbonyl (C=O) groups excluding carboxylic acids is 1. The summed E-state index contributed by atoms with van der Waals surface area (Å²) in [4.78, 5) is 36.7. The number of aromatic amines is 1. The van der Waals surface area contributed by atoms with Gasteiger partial charge in [0.1, 0.15) is 6.54 Å². The number of nitrogens with one attached hydrogen (secondary N) is 3. The van der Waals surface area contributed by atoms with Gasteiger partial charge in [-0.25, -0.2) is 4.79 Å². The van der Waals surface area contributed by atoms with E-state index in [9.17, 15) is 14.4 Å². The van der Waals surface area contributed by atoms with E-state index in [0.29, 0.717) is 5.69 Å². The fourth-order valence-electron chi connectivity index (χ4n) is 2.25. The van der Waals surface area contributed by atoms with Crippen molar-refractivity contribution in [2.24, 2.45) is 0 Å². The number of rotatable bonds is 5. The molecule has 0 bridgehead atoms. The Morgan fingerprint density at radius 1 is 0.880 bits per heavy atom. The van der Waals surface area contributed by atoms with Gasteiger partial charge in [-0.15, -0.1) is 0 Å². The maximum atomic E-state index is 12.0. The van der Waals surface area contributed by atoms with Crippen molar-refractivity contribution >= 4 is 23.0 Å². The summed E-state index contributed by atoms with van der Waals surface area (Å²) >= 11 is 0. The molecule has 25 heavy (non-hydrogen) atoms. The third kappa shape index (κ3) is 4.44. The van der Waals surface area contributed by atoms with E-state index in [1.807, 2.05) is 42.5 Å². The Kier molecular flexibility index (Phi) is 4.75. The molecule has 1 aromatic heterocycles. The molecule has 3 aromatic rings. The van der Waals surface area contributed by atoms with E-state index >= 15 is 0 Å². The second-order valence-electron chi connectivity index (χ2n) is 5.35. The van der Waals surface area contributed by atoms with Crippen molar-refractivity contribution in [2.45, 2.75) is 6.54 Å². The van der Waals surface area contributed by atoms with Crippen LogP contribution in [0.25, 0.3) is 0 Å². The van der Waals surface area contributed by atoms with Gasteiger partial charge < -0.3 is 10.6 Å². The smallest absolute Gasteiger partial charge is 0.328 e. The number of amides is 1. The van der Waals surface area contributed by atoms with Crippen LogP contribution in [-0.4, -0.2) is 15.5 Å². The van der Waals surface area contributed by atoms with E-state index in [4.69, 9.17) is 0 Å². The average molecular weight is 336 g/mol. The van der Waals surface area contributed by atoms with E-state index in [1.165, 1.54) is 12.3 Å². The van der Waals surface area contributed by atoms with Crippen molar-refractivity contribution in [2.75, 3.05) is 10.6 Å². The van der Waals surface area contributed by atoms with Crippen LogP contribution in [0.5, 0.6) is 0 Å². The van der Waals surface area contributed by atoms with Crippen molar-refractivity contribution < 1.29 is 4.79 Å². The molecular formula is C18H16N4O3. The first-order valence-electron chi connectivity index (χ1n) is 7.62. The van der Waals surface area contributed by atoms with Crippen LogP contribution in [0.4, 0.5) is 17.1 Å². The number of nitrogens with zero attached hydrogens (tertiary/aromatic N) is 1. The van der Waals surface area contributed by atoms with Crippen LogP contribution in [0.15, 0.2) is 76.4 Å². The van der Waals surface area contributed by atoms with Crippen LogP contribution in [0.2, 0.25) is 0 Å². The molecule has 7 heteroatoms. The molecule has 0 saturated carbocycles. The summed E-state index contributed by atoms with van der Waals surface area (Å²) in [5.41, 5.74) is 1.35. The molecular weight excluding hydrogens is 320 g/mol. The number of hydrogen-bond donors (Lipinski definition) is 3. The number of hydrogen-bond acceptors (Lipinski definition) is 4. The predicted octanol–water partition coefficient (Wildman–Crippen LogP) is 1.92. The van der Waals surface area contributed by atoms with Gasteiger partial charge in [-0.1, -0.05) is 18.2 Å². The highest BCUT2D eigenvalue weighted by molar-refractivity contribution is 5.90. The second-order valence-corrected chi connectivity index (χ2v) is 5.35. The number of anilines is 3. The number of H-pyrrole nitrogens is 1. The number of para-hydroxylation sites is 1. The zero-order valence-corrected chi connectivity index (χ0v) is 13.2. The van der Waals surface area contributed by atoms with Gasteiger partial charge in [-0.3, -0.25) is 19.1 Å². The number of aromatic nitrogens is 2. The molecule has 0 saturated heterocycles. The summed E-state index contributed by atoms with van der Waals surface area (Å²) in [5, 5.41) is 5.95. The van der Waals surface area contributed by atoms with Crippen molar-refractivity contribution in [3.63, 3.8) is 0 Å². The standard InChI is InChI=1S/C18H16N4O3/c23-16-10-11-22(18(25)21-16)12-17(24)20-15-8-6-14(7-9-15)19-13-4-2-1-3-5-13/h1-11,19H,12H2,(H,20,24)(H,21,23,25). The van der Waals surface area contributed by atoms with Crippen molar-refractivity contribution in [3.05, 3.63) is 87.7 Å². The van der Waals surface area contributed by atoms with Gasteiger partial charge in [-0.05, 0) is 36.4 Å². The highest BCUT2D eigenvalue weighted by atomic mass is 16.2. The maximum Gasteiger partial charge on any atom is 0.328 e. The quantitative estimate of drug-likeness (QED) is 0.663. The number of benzene rings is 2. The van der Waals surface area contributed by atoms with E-state index < -0.39 is 11.2 Å². The molecule has 0 unspecified atom stereocenters. The Bertz CT molecular complexity index is 975. The van der Waals surface area contributed by atoms with Crippen LogP contribution in [0.3, 0.4) is 0 Å². The van der Waals surface area contributed by atoms with Crippen LogP contribution in [0, 0.1) is 0 Å². The topological polar surface area (TPSA) is 96.0 Å². The van der Waals surface area contributed by atoms with Crippen molar-refractivity contribution in [1.82, 2.24) is 9.55 Å². The molecule has 2 aromatic carbocycles. The first-order valence-corrected chi connectivity index (χ1v) is 7.62. The molecule has 1 amide bonds. The lowest BCUT2D eigenvalue weighted by Crippen LogP contribution is -2.32. The van der Waals surface area contributed by atoms with Crippen LogP contribution in [-0.2, 0) is 11.3 Å². The molecule has 0 radical (unpaired) electrons. The largest absolute Gasteiger partial charge is 0.356 e. The minimum Gasteiger partial charge on any atom is -0.356 e. The third-order valence-electron chi connectivity index (χ3n) is 3.44. The highest BCUT2D eigenvalue weighted by Crippen LogP contribution is 2.18. The zero-order valence-electron chi connectivity index (χ0n) is 13.2. The van der Waals surface area contributed by atoms with E-state index in [2.05, 4.69) is 15.6 Å². The average Bonchev–Trinajstić information content (AvgIpc) is 2.60. The van der Waals surface area contributed by atoms with E-state index in [1.54, 1.807) is 12.1 Å². The van der Waals surface area contributed by atoms with Gasteiger partial charge in [0.05, 0.1) is 0 Å². The lowest BCUT2D eigenvalue weighted by molar-refractivity contribution is -0.116. The van der Waals surface area contributed by atoms with Gasteiger partial charge in [-0.2, -0.15) is 0 Å². The molecule has 0 aliphatic rings. The third-order valence-corrected chi connectivity index (χ3v) is 3.44. The van der Waals surface area contributed by atoms with Gasteiger partial charge in [0.15, 0.2) is 0 Å². The molecule has 3 rings (SSSR count). The number of carbonyl (C=O) groups is 1. The molecule has 0 atom stereocenters. The summed E-state index contributed by atoms with van der Waals surface area (Å²) in [6.07, 6.45) is 1.29. The lowest BCUT2D eigenvalue weighted by atomic mass is 10.2. The van der Waals surface area contributed by atoms with Crippen LogP contribution < -0.4 is 21.9 Å². The Hall–Kier alpha value is -3.61. The second kappa shape index (κ2) is 7.31. The molecule has 7 nitrogen and oxygen atoms in total. The van der Waals surface area contributed by atoms with E-state index in [0.717, 1.165) is 15.9 Å². The van der Waals surface area contributed by atoms with Gasteiger partial charge in [0.2, 0.25) is 5.91 Å². The fraction of sp³-hybridized carbons (Fsp3) is 0.0556. The van der Waals surface area contributed by atoms with Crippen LogP contribution >= 0.6 is 0 Å². The van der Waals surface area contributed by atoms with Gasteiger partial charge in [0, 0.05) is 29.3 Å². The van der Waals surface area contributed by atoms with Crippen LogP contribution in [0.1, 0.15) is 0 Å². The highest BCUT2D eigenvalue weighted by Gasteiger charge is 2.05. The Morgan fingerprint density at radius 2 is 1.52 bits per heavy atom. The normalized spacial score (nSPS) is 10.2. The zero-order chi connectivity index (χ0) is 17.6. The monoisotopic (exact) mass is 336 g/mol. The SMILES string of the molecule is O=C(Cn1ccc(=O)[nH]c1=O)Nc1ccc(Nc2ccccc2)cc1. The molecule has 3 N–H and O–H groups in total. The first-order chi connectivity index (χ1) is 12.1. The Labute approximate surface area is 143 Å². The summed E-state index contributed by atoms with van der Waals surface area (Å²) in [6.45, 7) is -0.181. The Morgan fingerprint density at radius 3 is 2.20 bits per heavy atom. The minimum atomic E-state index is -0.620. The van der Waals surface area contributed by atoms with E-state index in [-0.39, 0.29) is 12.5 Å². The fourth-order valence-corrected chi connectivity index (χ4v) is 2.25. The van der Waals surface area contributed by atoms with Gasteiger partial charge >= 0.3 is 5.69 Å². The maximum absolute atomic E-state index is 12.0. The van der Waals surface area contributed by atoms with Gasteiger partial charge in [0.25, 0.3) is 5.56 Å². The first kappa shape index (κ1) is 16.3. The molecule has 0 fully saturated rings. The summed E-state index contributed by atoms with van der Waals surface area (Å²) < 4.78 is 1.13. The van der Waals surface area contributed by atoms with Crippen molar-refractivity contribution in [3.8, 4) is 0 Å². The summed E-state index contributed by atoms with van der Waals surface area (Å²) in [7, 11) is 0. The molecule has 0 aliphatic heterocycles. The summed E-state index contributed by atoms with van der Waals surface area (Å²) in [6, 6.07) is 18.1. The minimum absolute atomic E-state index is 0.181. The Balaban J connectivity index is 1.62. The molecule has 0 aliphatic carbocycles. The predicted molar refractivity (Wildman–Crippen MR) is 96.1 cm³/mol.